The van der Waals surface area contributed by atoms with Crippen LogP contribution >= 0.6 is 38.9 Å². The first-order valence-corrected chi connectivity index (χ1v) is 8.81. The van der Waals surface area contributed by atoms with Crippen molar-refractivity contribution in [3.05, 3.63) is 43.8 Å². The highest BCUT2D eigenvalue weighted by Gasteiger charge is 2.19. The molecule has 0 spiro atoms. The van der Waals surface area contributed by atoms with Crippen molar-refractivity contribution >= 4 is 54.6 Å². The maximum absolute atomic E-state index is 13.1. The average Bonchev–Trinajstić information content (AvgIpc) is 2.83. The van der Waals surface area contributed by atoms with E-state index in [4.69, 9.17) is 17.3 Å². The molecule has 0 amide bonds. The van der Waals surface area contributed by atoms with Gasteiger partial charge >= 0.3 is 0 Å². The number of sulfonamides is 1. The lowest BCUT2D eigenvalue weighted by atomic mass is 10.3. The van der Waals surface area contributed by atoms with Crippen LogP contribution in [0.3, 0.4) is 0 Å². The van der Waals surface area contributed by atoms with Gasteiger partial charge in [0.15, 0.2) is 0 Å². The summed E-state index contributed by atoms with van der Waals surface area (Å²) in [7, 11) is -3.79. The quantitative estimate of drug-likeness (QED) is 0.825. The zero-order valence-corrected chi connectivity index (χ0v) is 13.8. The monoisotopic (exact) mass is 398 g/mol. The molecule has 108 valence electrons. The topological polar surface area (TPSA) is 72.2 Å². The van der Waals surface area contributed by atoms with Crippen molar-refractivity contribution in [1.82, 2.24) is 0 Å². The highest BCUT2D eigenvalue weighted by Crippen LogP contribution is 2.33. The normalized spacial score (nSPS) is 11.6. The van der Waals surface area contributed by atoms with Crippen LogP contribution in [-0.2, 0) is 16.6 Å². The average molecular weight is 400 g/mol. The largest absolute Gasteiger partial charge is 0.326 e. The van der Waals surface area contributed by atoms with Gasteiger partial charge in [-0.25, -0.2) is 12.8 Å². The van der Waals surface area contributed by atoms with E-state index >= 15 is 0 Å². The van der Waals surface area contributed by atoms with Crippen LogP contribution in [0.1, 0.15) is 4.88 Å². The van der Waals surface area contributed by atoms with Gasteiger partial charge in [-0.15, -0.1) is 11.3 Å². The third kappa shape index (κ3) is 3.32. The molecule has 0 aliphatic heterocycles. The van der Waals surface area contributed by atoms with E-state index in [1.165, 1.54) is 22.8 Å². The Hall–Kier alpha value is -0.670. The molecule has 20 heavy (non-hydrogen) atoms. The van der Waals surface area contributed by atoms with Gasteiger partial charge in [0.2, 0.25) is 0 Å². The fourth-order valence-corrected chi connectivity index (χ4v) is 4.78. The lowest BCUT2D eigenvalue weighted by Gasteiger charge is -2.10. The summed E-state index contributed by atoms with van der Waals surface area (Å²) in [6, 6.07) is 3.64. The Labute approximate surface area is 132 Å². The van der Waals surface area contributed by atoms with E-state index in [-0.39, 0.29) is 26.6 Å². The Kier molecular flexibility index (Phi) is 4.70. The van der Waals surface area contributed by atoms with E-state index in [1.54, 1.807) is 0 Å². The van der Waals surface area contributed by atoms with Crippen LogP contribution in [0, 0.1) is 5.82 Å². The van der Waals surface area contributed by atoms with Gasteiger partial charge in [-0.1, -0.05) is 11.6 Å². The van der Waals surface area contributed by atoms with Gasteiger partial charge < -0.3 is 5.73 Å². The number of anilines is 1. The summed E-state index contributed by atoms with van der Waals surface area (Å²) in [4.78, 5) is 0.838. The third-order valence-electron chi connectivity index (χ3n) is 2.38. The van der Waals surface area contributed by atoms with Gasteiger partial charge in [-0.2, -0.15) is 0 Å². The van der Waals surface area contributed by atoms with E-state index in [0.29, 0.717) is 0 Å². The number of hydrogen-bond acceptors (Lipinski definition) is 4. The maximum atomic E-state index is 13.1. The summed E-state index contributed by atoms with van der Waals surface area (Å²) in [5, 5.41) is 1.45. The second kappa shape index (κ2) is 5.98. The molecule has 3 N–H and O–H groups in total. The highest BCUT2D eigenvalue weighted by molar-refractivity contribution is 9.10. The van der Waals surface area contributed by atoms with Gasteiger partial charge in [0, 0.05) is 21.3 Å². The molecule has 0 aliphatic rings. The molecule has 0 radical (unpaired) electrons. The molecule has 0 bridgehead atoms. The Morgan fingerprint density at radius 1 is 1.40 bits per heavy atom. The lowest BCUT2D eigenvalue weighted by Crippen LogP contribution is -2.13. The van der Waals surface area contributed by atoms with Crippen molar-refractivity contribution in [1.29, 1.82) is 0 Å². The minimum atomic E-state index is -3.79. The first kappa shape index (κ1) is 15.7. The molecule has 2 aromatic rings. The Bertz CT molecular complexity index is 726. The summed E-state index contributed by atoms with van der Waals surface area (Å²) >= 11 is 10.2. The lowest BCUT2D eigenvalue weighted by molar-refractivity contribution is 0.601. The van der Waals surface area contributed by atoms with Gasteiger partial charge in [0.1, 0.15) is 5.82 Å². The molecular formula is C11H9BrClFN2O2S2. The predicted octanol–water partition coefficient (Wildman–Crippen LogP) is 3.56. The zero-order chi connectivity index (χ0) is 14.9. The highest BCUT2D eigenvalue weighted by atomic mass is 79.9. The van der Waals surface area contributed by atoms with Crippen molar-refractivity contribution in [2.24, 2.45) is 5.73 Å². The van der Waals surface area contributed by atoms with Crippen molar-refractivity contribution in [3.63, 3.8) is 0 Å². The molecule has 9 heteroatoms. The second-order valence-electron chi connectivity index (χ2n) is 3.80. The van der Waals surface area contributed by atoms with Crippen LogP contribution < -0.4 is 10.5 Å². The van der Waals surface area contributed by atoms with Crippen LogP contribution in [0.2, 0.25) is 5.02 Å². The summed E-state index contributed by atoms with van der Waals surface area (Å²) < 4.78 is 40.1. The molecule has 0 saturated heterocycles. The Morgan fingerprint density at radius 2 is 2.10 bits per heavy atom. The molecule has 0 saturated carbocycles. The fraction of sp³-hybridized carbons (Fsp3) is 0.0909. The smallest absolute Gasteiger partial charge is 0.262 e. The molecule has 1 aromatic heterocycles. The van der Waals surface area contributed by atoms with Crippen LogP contribution in [0.4, 0.5) is 10.1 Å². The number of nitrogens with two attached hydrogens (primary N) is 1. The predicted molar refractivity (Wildman–Crippen MR) is 82.1 cm³/mol. The third-order valence-corrected chi connectivity index (χ3v) is 5.75. The van der Waals surface area contributed by atoms with Crippen molar-refractivity contribution in [2.45, 2.75) is 11.4 Å². The molecule has 2 rings (SSSR count). The van der Waals surface area contributed by atoms with E-state index in [1.807, 2.05) is 0 Å². The molecule has 1 heterocycles. The number of thiophene rings is 1. The molecule has 0 atom stereocenters. The van der Waals surface area contributed by atoms with Crippen molar-refractivity contribution in [3.8, 4) is 0 Å². The summed E-state index contributed by atoms with van der Waals surface area (Å²) in [5.41, 5.74) is 5.54. The van der Waals surface area contributed by atoms with Crippen LogP contribution in [0.5, 0.6) is 0 Å². The molecule has 1 aromatic carbocycles. The molecule has 0 aliphatic carbocycles. The van der Waals surface area contributed by atoms with Crippen LogP contribution in [0.15, 0.2) is 32.9 Å². The van der Waals surface area contributed by atoms with Crippen molar-refractivity contribution in [2.75, 3.05) is 4.72 Å². The first-order valence-electron chi connectivity index (χ1n) is 5.28. The molecule has 0 fully saturated rings. The van der Waals surface area contributed by atoms with Gasteiger partial charge in [0.25, 0.3) is 10.0 Å². The number of hydrogen-bond donors (Lipinski definition) is 2. The minimum absolute atomic E-state index is 0.0327. The van der Waals surface area contributed by atoms with E-state index in [2.05, 4.69) is 20.7 Å². The van der Waals surface area contributed by atoms with E-state index in [9.17, 15) is 12.8 Å². The molecule has 0 unspecified atom stereocenters. The molecule has 4 nitrogen and oxygen atoms in total. The summed E-state index contributed by atoms with van der Waals surface area (Å²) in [6.07, 6.45) is 0. The Balaban J connectivity index is 2.38. The van der Waals surface area contributed by atoms with E-state index < -0.39 is 15.8 Å². The molecular weight excluding hydrogens is 391 g/mol. The zero-order valence-electron chi connectivity index (χ0n) is 9.86. The summed E-state index contributed by atoms with van der Waals surface area (Å²) in [6.45, 7) is 0.265. The van der Waals surface area contributed by atoms with Gasteiger partial charge in [-0.3, -0.25) is 4.72 Å². The number of benzene rings is 1. The SMILES string of the molecule is NCc1cc(S(=O)(=O)Nc2c(Cl)cc(F)cc2Br)cs1. The number of nitrogens with one attached hydrogen (secondary N) is 1. The number of rotatable bonds is 4. The first-order chi connectivity index (χ1) is 9.33. The van der Waals surface area contributed by atoms with Gasteiger partial charge in [-0.05, 0) is 34.1 Å². The van der Waals surface area contributed by atoms with Crippen molar-refractivity contribution < 1.29 is 12.8 Å². The minimum Gasteiger partial charge on any atom is -0.326 e. The van der Waals surface area contributed by atoms with Gasteiger partial charge in [0.05, 0.1) is 15.6 Å². The summed E-state index contributed by atoms with van der Waals surface area (Å²) in [5.74, 6) is -0.564. The maximum Gasteiger partial charge on any atom is 0.262 e. The van der Waals surface area contributed by atoms with Crippen LogP contribution in [0.25, 0.3) is 0 Å². The van der Waals surface area contributed by atoms with Crippen LogP contribution in [-0.4, -0.2) is 8.42 Å². The van der Waals surface area contributed by atoms with E-state index in [0.717, 1.165) is 17.0 Å². The second-order valence-corrected chi connectivity index (χ2v) is 7.74. The Morgan fingerprint density at radius 3 is 2.65 bits per heavy atom. The standard InChI is InChI=1S/C11H9BrClFN2O2S2/c12-9-1-6(14)2-10(13)11(9)16-20(17,18)8-3-7(4-15)19-5-8/h1-3,5,16H,4,15H2. The number of halogens is 3. The fourth-order valence-electron chi connectivity index (χ4n) is 1.44.